The molecular formula is C11H13O3P. The van der Waals surface area contributed by atoms with E-state index in [-0.39, 0.29) is 8.46 Å². The van der Waals surface area contributed by atoms with Gasteiger partial charge in [0.05, 0.1) is 0 Å². The molecule has 0 fully saturated rings. The molecule has 3 nitrogen and oxygen atoms in total. The van der Waals surface area contributed by atoms with Gasteiger partial charge in [0.2, 0.25) is 0 Å². The minimum atomic E-state index is -0.564. The molecular weight excluding hydrogens is 211 g/mol. The fourth-order valence-corrected chi connectivity index (χ4v) is 1.36. The number of ether oxygens (including phenoxy) is 1. The maximum Gasteiger partial charge on any atom is 0.326 e. The normalized spacial score (nSPS) is 12.4. The Balaban J connectivity index is 2.65. The Kier molecular flexibility index (Phi) is 4.44. The maximum atomic E-state index is 11.4. The van der Waals surface area contributed by atoms with Crippen molar-refractivity contribution in [2.75, 3.05) is 0 Å². The van der Waals surface area contributed by atoms with Gasteiger partial charge in [0.15, 0.2) is 8.46 Å². The molecule has 0 aliphatic carbocycles. The Bertz CT molecular complexity index is 345. The Hall–Kier alpha value is -1.21. The molecule has 1 aromatic carbocycles. The van der Waals surface area contributed by atoms with Crippen molar-refractivity contribution in [3.63, 3.8) is 0 Å². The van der Waals surface area contributed by atoms with E-state index >= 15 is 0 Å². The number of carbonyl (C=O) groups excluding carboxylic acids is 1. The summed E-state index contributed by atoms with van der Waals surface area (Å²) in [7, 11) is -0.185. The Morgan fingerprint density at radius 3 is 2.47 bits per heavy atom. The third kappa shape index (κ3) is 3.45. The van der Waals surface area contributed by atoms with Crippen molar-refractivity contribution in [1.82, 2.24) is 0 Å². The fraction of sp³-hybridized carbons (Fsp3) is 0.364. The van der Waals surface area contributed by atoms with Crippen LogP contribution in [0.3, 0.4) is 0 Å². The highest BCUT2D eigenvalue weighted by Gasteiger charge is 2.18. The summed E-state index contributed by atoms with van der Waals surface area (Å²) in [6, 6.07) is 7.17. The Labute approximate surface area is 90.7 Å². The molecule has 4 heteroatoms. The molecule has 0 aromatic heterocycles. The number of benzene rings is 1. The van der Waals surface area contributed by atoms with Gasteiger partial charge < -0.3 is 4.74 Å². The van der Waals surface area contributed by atoms with Gasteiger partial charge in [-0.2, -0.15) is 0 Å². The lowest BCUT2D eigenvalue weighted by Gasteiger charge is -2.07. The molecule has 15 heavy (non-hydrogen) atoms. The topological polar surface area (TPSA) is 43.4 Å². The molecule has 0 spiro atoms. The average molecular weight is 224 g/mol. The second-order valence-corrected chi connectivity index (χ2v) is 4.10. The quantitative estimate of drug-likeness (QED) is 0.448. The molecule has 0 aliphatic heterocycles. The van der Waals surface area contributed by atoms with Crippen molar-refractivity contribution in [3.05, 3.63) is 29.8 Å². The predicted octanol–water partition coefficient (Wildman–Crippen LogP) is 2.97. The van der Waals surface area contributed by atoms with Crippen LogP contribution in [0.2, 0.25) is 0 Å². The van der Waals surface area contributed by atoms with Crippen molar-refractivity contribution < 1.29 is 14.1 Å². The van der Waals surface area contributed by atoms with Crippen LogP contribution in [0.25, 0.3) is 0 Å². The summed E-state index contributed by atoms with van der Waals surface area (Å²) >= 11 is 0. The van der Waals surface area contributed by atoms with Gasteiger partial charge in [0.1, 0.15) is 11.4 Å². The van der Waals surface area contributed by atoms with Gasteiger partial charge in [0.25, 0.3) is 0 Å². The third-order valence-corrected chi connectivity index (χ3v) is 2.86. The van der Waals surface area contributed by atoms with E-state index in [1.807, 2.05) is 19.1 Å². The van der Waals surface area contributed by atoms with Gasteiger partial charge in [-0.15, -0.1) is 0 Å². The standard InChI is InChI=1S/C11H13O3P/c1-3-10(15-13)11(12)14-9-6-4-8(2)5-7-9/h4-7,10H,3H2,1-2H3. The minimum Gasteiger partial charge on any atom is -0.426 e. The number of hydrogen-bond donors (Lipinski definition) is 0. The van der Waals surface area contributed by atoms with E-state index in [0.29, 0.717) is 12.2 Å². The highest BCUT2D eigenvalue weighted by atomic mass is 31.1. The van der Waals surface area contributed by atoms with E-state index in [4.69, 9.17) is 4.74 Å². The Morgan fingerprint density at radius 2 is 2.00 bits per heavy atom. The summed E-state index contributed by atoms with van der Waals surface area (Å²) in [5.41, 5.74) is 0.537. The summed E-state index contributed by atoms with van der Waals surface area (Å²) in [4.78, 5) is 11.4. The van der Waals surface area contributed by atoms with Crippen molar-refractivity contribution >= 4 is 14.4 Å². The SMILES string of the molecule is CCC(P=O)C(=O)Oc1ccc(C)cc1. The first-order valence-electron chi connectivity index (χ1n) is 4.78. The van der Waals surface area contributed by atoms with Crippen molar-refractivity contribution in [2.24, 2.45) is 0 Å². The number of carbonyl (C=O) groups is 1. The molecule has 0 radical (unpaired) electrons. The zero-order valence-electron chi connectivity index (χ0n) is 8.77. The van der Waals surface area contributed by atoms with Gasteiger partial charge in [-0.1, -0.05) is 24.6 Å². The van der Waals surface area contributed by atoms with Crippen LogP contribution in [0.4, 0.5) is 0 Å². The van der Waals surface area contributed by atoms with Gasteiger partial charge in [0, 0.05) is 0 Å². The summed E-state index contributed by atoms with van der Waals surface area (Å²) in [5.74, 6) is 0.0470. The molecule has 0 saturated carbocycles. The summed E-state index contributed by atoms with van der Waals surface area (Å²) in [5, 5.41) is 0. The van der Waals surface area contributed by atoms with Crippen molar-refractivity contribution in [2.45, 2.75) is 25.9 Å². The van der Waals surface area contributed by atoms with Crippen LogP contribution in [-0.4, -0.2) is 11.6 Å². The van der Waals surface area contributed by atoms with Crippen molar-refractivity contribution in [3.8, 4) is 5.75 Å². The predicted molar refractivity (Wildman–Crippen MR) is 58.5 cm³/mol. The largest absolute Gasteiger partial charge is 0.426 e. The lowest BCUT2D eigenvalue weighted by atomic mass is 10.2. The highest BCUT2D eigenvalue weighted by Crippen LogP contribution is 2.17. The van der Waals surface area contributed by atoms with E-state index in [9.17, 15) is 9.36 Å². The maximum absolute atomic E-state index is 11.4. The second kappa shape index (κ2) is 5.62. The molecule has 80 valence electrons. The van der Waals surface area contributed by atoms with Crippen LogP contribution in [0.1, 0.15) is 18.9 Å². The van der Waals surface area contributed by atoms with Gasteiger partial charge in [-0.3, -0.25) is 9.36 Å². The Morgan fingerprint density at radius 1 is 1.40 bits per heavy atom. The molecule has 0 bridgehead atoms. The lowest BCUT2D eigenvalue weighted by Crippen LogP contribution is -2.20. The van der Waals surface area contributed by atoms with Crippen LogP contribution in [0.5, 0.6) is 5.75 Å². The first-order valence-corrected chi connectivity index (χ1v) is 5.66. The number of esters is 1. The summed E-state index contributed by atoms with van der Waals surface area (Å²) in [6.45, 7) is 3.75. The zero-order chi connectivity index (χ0) is 11.3. The summed E-state index contributed by atoms with van der Waals surface area (Å²) in [6.07, 6.45) is 0.510. The number of rotatable bonds is 4. The monoisotopic (exact) mass is 224 g/mol. The highest BCUT2D eigenvalue weighted by molar-refractivity contribution is 7.26. The van der Waals surface area contributed by atoms with Crippen LogP contribution in [-0.2, 0) is 9.36 Å². The van der Waals surface area contributed by atoms with Crippen molar-refractivity contribution in [1.29, 1.82) is 0 Å². The van der Waals surface area contributed by atoms with Gasteiger partial charge in [-0.05, 0) is 25.5 Å². The van der Waals surface area contributed by atoms with Crippen LogP contribution >= 0.6 is 8.46 Å². The smallest absolute Gasteiger partial charge is 0.326 e. The van der Waals surface area contributed by atoms with Crippen LogP contribution in [0.15, 0.2) is 24.3 Å². The molecule has 1 atom stereocenters. The van der Waals surface area contributed by atoms with E-state index in [1.54, 1.807) is 19.1 Å². The molecule has 0 amide bonds. The van der Waals surface area contributed by atoms with Crippen LogP contribution in [0, 0.1) is 6.92 Å². The van der Waals surface area contributed by atoms with Crippen LogP contribution < -0.4 is 4.74 Å². The average Bonchev–Trinajstić information content (AvgIpc) is 2.23. The van der Waals surface area contributed by atoms with E-state index in [1.165, 1.54) is 0 Å². The molecule has 0 N–H and O–H groups in total. The molecule has 0 heterocycles. The number of aryl methyl sites for hydroxylation is 1. The second-order valence-electron chi connectivity index (χ2n) is 3.26. The first-order chi connectivity index (χ1) is 7.17. The fourth-order valence-electron chi connectivity index (χ4n) is 1.07. The molecule has 0 saturated heterocycles. The first kappa shape index (κ1) is 11.9. The third-order valence-electron chi connectivity index (χ3n) is 2.03. The minimum absolute atomic E-state index is 0.185. The van der Waals surface area contributed by atoms with Gasteiger partial charge in [-0.25, -0.2) is 0 Å². The summed E-state index contributed by atoms with van der Waals surface area (Å²) < 4.78 is 15.7. The molecule has 1 rings (SSSR count). The van der Waals surface area contributed by atoms with E-state index < -0.39 is 11.6 Å². The lowest BCUT2D eigenvalue weighted by molar-refractivity contribution is -0.133. The molecule has 0 aliphatic rings. The zero-order valence-corrected chi connectivity index (χ0v) is 9.66. The van der Waals surface area contributed by atoms with E-state index in [2.05, 4.69) is 0 Å². The molecule has 1 aromatic rings. The van der Waals surface area contributed by atoms with E-state index in [0.717, 1.165) is 5.56 Å². The number of hydrogen-bond acceptors (Lipinski definition) is 3. The molecule has 1 unspecified atom stereocenters. The van der Waals surface area contributed by atoms with Gasteiger partial charge >= 0.3 is 5.97 Å².